The largest absolute Gasteiger partial charge is 0.309 e. The van der Waals surface area contributed by atoms with Crippen LogP contribution >= 0.6 is 11.3 Å². The summed E-state index contributed by atoms with van der Waals surface area (Å²) < 4.78 is 4.98. The van der Waals surface area contributed by atoms with E-state index in [4.69, 9.17) is 0 Å². The van der Waals surface area contributed by atoms with Gasteiger partial charge in [-0.3, -0.25) is 0 Å². The molecule has 0 radical (unpaired) electrons. The van der Waals surface area contributed by atoms with Crippen molar-refractivity contribution in [3.8, 4) is 27.9 Å². The normalized spacial score (nSPS) is 11.6. The van der Waals surface area contributed by atoms with Crippen LogP contribution in [0.2, 0.25) is 0 Å². The molecule has 55 heavy (non-hydrogen) atoms. The number of rotatable bonds is 6. The molecule has 0 aliphatic carbocycles. The van der Waals surface area contributed by atoms with Crippen LogP contribution < -0.4 is 4.90 Å². The van der Waals surface area contributed by atoms with E-state index in [-0.39, 0.29) is 0 Å². The molecule has 0 bridgehead atoms. The van der Waals surface area contributed by atoms with Gasteiger partial charge in [0.15, 0.2) is 0 Å². The van der Waals surface area contributed by atoms with E-state index in [1.54, 1.807) is 0 Å². The minimum Gasteiger partial charge on any atom is -0.309 e. The lowest BCUT2D eigenvalue weighted by Gasteiger charge is -2.29. The van der Waals surface area contributed by atoms with Crippen molar-refractivity contribution in [1.29, 1.82) is 0 Å². The van der Waals surface area contributed by atoms with Crippen molar-refractivity contribution >= 4 is 81.1 Å². The predicted molar refractivity (Wildman–Crippen MR) is 237 cm³/mol. The molecule has 2 heterocycles. The highest BCUT2D eigenvalue weighted by molar-refractivity contribution is 7.26. The van der Waals surface area contributed by atoms with Crippen molar-refractivity contribution < 1.29 is 0 Å². The van der Waals surface area contributed by atoms with E-state index >= 15 is 0 Å². The molecule has 258 valence electrons. The summed E-state index contributed by atoms with van der Waals surface area (Å²) >= 11 is 1.86. The van der Waals surface area contributed by atoms with Gasteiger partial charge in [0.05, 0.1) is 22.4 Å². The van der Waals surface area contributed by atoms with Crippen molar-refractivity contribution in [3.05, 3.63) is 206 Å². The Morgan fingerprint density at radius 1 is 0.382 bits per heavy atom. The van der Waals surface area contributed by atoms with Gasteiger partial charge in [-0.15, -0.1) is 11.3 Å². The summed E-state index contributed by atoms with van der Waals surface area (Å²) in [6.45, 7) is 0. The second-order valence-corrected chi connectivity index (χ2v) is 15.1. The minimum absolute atomic E-state index is 1.10. The molecule has 0 N–H and O–H groups in total. The molecule has 11 rings (SSSR count). The van der Waals surface area contributed by atoms with Crippen LogP contribution in [0.3, 0.4) is 0 Å². The third-order valence-electron chi connectivity index (χ3n) is 11.0. The predicted octanol–water partition coefficient (Wildman–Crippen LogP) is 15.1. The maximum Gasteiger partial charge on any atom is 0.0561 e. The van der Waals surface area contributed by atoms with Gasteiger partial charge in [-0.25, -0.2) is 0 Å². The van der Waals surface area contributed by atoms with Crippen molar-refractivity contribution in [2.45, 2.75) is 0 Å². The molecule has 0 unspecified atom stereocenters. The molecule has 0 saturated carbocycles. The quantitative estimate of drug-likeness (QED) is 0.166. The zero-order chi connectivity index (χ0) is 36.3. The summed E-state index contributed by atoms with van der Waals surface area (Å²) in [5, 5.41) is 7.50. The molecule has 0 atom stereocenters. The average Bonchev–Trinajstić information content (AvgIpc) is 3.80. The highest BCUT2D eigenvalue weighted by Crippen LogP contribution is 2.49. The van der Waals surface area contributed by atoms with E-state index in [2.05, 4.69) is 216 Å². The molecule has 11 aromatic rings. The van der Waals surface area contributed by atoms with Gasteiger partial charge >= 0.3 is 0 Å². The summed E-state index contributed by atoms with van der Waals surface area (Å²) in [5.41, 5.74) is 11.7. The van der Waals surface area contributed by atoms with Gasteiger partial charge in [0.1, 0.15) is 0 Å². The average molecular weight is 719 g/mol. The topological polar surface area (TPSA) is 8.17 Å². The van der Waals surface area contributed by atoms with Crippen molar-refractivity contribution in [2.24, 2.45) is 0 Å². The number of hydrogen-bond donors (Lipinski definition) is 0. The molecule has 0 aliphatic heterocycles. The number of benzene rings is 9. The number of aromatic nitrogens is 1. The standard InChI is InChI=1S/C52H34N2S/c1-3-16-35(17-4-1)39-25-13-18-36-19-14-26-43(51(36)39)41-23-8-11-28-46(41)54(47-29-15-31-50-52(47)44-24-9-12-30-49(44)55-50)38-32-33-42-40-22-7-10-27-45(40)53(48(42)34-38)37-20-5-2-6-21-37/h1-34H. The Bertz CT molecular complexity index is 3200. The summed E-state index contributed by atoms with van der Waals surface area (Å²) in [4.78, 5) is 2.51. The SMILES string of the molecule is c1ccc(-c2cccc3cccc(-c4ccccc4N(c4ccc5c6ccccc6n(-c6ccccc6)c5c4)c4cccc5sc6ccccc6c45)c23)cc1. The van der Waals surface area contributed by atoms with Gasteiger partial charge in [0, 0.05) is 47.9 Å². The second-order valence-electron chi connectivity index (χ2n) is 14.1. The molecule has 0 saturated heterocycles. The van der Waals surface area contributed by atoms with E-state index in [9.17, 15) is 0 Å². The van der Waals surface area contributed by atoms with Gasteiger partial charge < -0.3 is 9.47 Å². The lowest BCUT2D eigenvalue weighted by atomic mass is 9.90. The maximum atomic E-state index is 2.51. The molecule has 3 heteroatoms. The Balaban J connectivity index is 1.24. The van der Waals surface area contributed by atoms with E-state index in [0.29, 0.717) is 0 Å². The van der Waals surface area contributed by atoms with Crippen molar-refractivity contribution in [3.63, 3.8) is 0 Å². The first-order chi connectivity index (χ1) is 27.3. The fourth-order valence-corrected chi connectivity index (χ4v) is 9.75. The van der Waals surface area contributed by atoms with Crippen LogP contribution in [-0.2, 0) is 0 Å². The summed E-state index contributed by atoms with van der Waals surface area (Å²) in [6.07, 6.45) is 0. The van der Waals surface area contributed by atoms with Crippen LogP contribution in [0, 0.1) is 0 Å². The van der Waals surface area contributed by atoms with Crippen molar-refractivity contribution in [2.75, 3.05) is 4.90 Å². The zero-order valence-corrected chi connectivity index (χ0v) is 30.7. The first kappa shape index (κ1) is 31.6. The minimum atomic E-state index is 1.10. The number of thiophene rings is 1. The lowest BCUT2D eigenvalue weighted by Crippen LogP contribution is -2.12. The van der Waals surface area contributed by atoms with E-state index in [1.165, 1.54) is 75.0 Å². The Hall–Kier alpha value is -6.94. The first-order valence-electron chi connectivity index (χ1n) is 18.8. The Morgan fingerprint density at radius 2 is 1.00 bits per heavy atom. The molecule has 0 fully saturated rings. The van der Waals surface area contributed by atoms with Gasteiger partial charge in [0.25, 0.3) is 0 Å². The Morgan fingerprint density at radius 3 is 1.85 bits per heavy atom. The van der Waals surface area contributed by atoms with Crippen molar-refractivity contribution in [1.82, 2.24) is 4.57 Å². The molecular formula is C52H34N2S. The van der Waals surface area contributed by atoms with Crippen LogP contribution in [0.15, 0.2) is 206 Å². The maximum absolute atomic E-state index is 2.51. The van der Waals surface area contributed by atoms with Crippen LogP contribution in [0.4, 0.5) is 17.1 Å². The van der Waals surface area contributed by atoms with Crippen LogP contribution in [0.5, 0.6) is 0 Å². The molecule has 2 aromatic heterocycles. The van der Waals surface area contributed by atoms with E-state index in [0.717, 1.165) is 22.7 Å². The molecular weight excluding hydrogens is 685 g/mol. The highest BCUT2D eigenvalue weighted by Gasteiger charge is 2.24. The van der Waals surface area contributed by atoms with Gasteiger partial charge in [-0.1, -0.05) is 152 Å². The van der Waals surface area contributed by atoms with Crippen LogP contribution in [0.1, 0.15) is 0 Å². The number of nitrogens with zero attached hydrogens (tertiary/aromatic N) is 2. The lowest BCUT2D eigenvalue weighted by molar-refractivity contribution is 1.18. The smallest absolute Gasteiger partial charge is 0.0561 e. The molecule has 0 aliphatic rings. The zero-order valence-electron chi connectivity index (χ0n) is 29.9. The van der Waals surface area contributed by atoms with E-state index < -0.39 is 0 Å². The molecule has 2 nitrogen and oxygen atoms in total. The summed E-state index contributed by atoms with van der Waals surface area (Å²) in [5.74, 6) is 0. The van der Waals surface area contributed by atoms with Gasteiger partial charge in [0.2, 0.25) is 0 Å². The van der Waals surface area contributed by atoms with Gasteiger partial charge in [-0.05, 0) is 82.1 Å². The van der Waals surface area contributed by atoms with E-state index in [1.807, 2.05) is 11.3 Å². The number of hydrogen-bond acceptors (Lipinski definition) is 2. The first-order valence-corrected chi connectivity index (χ1v) is 19.6. The highest BCUT2D eigenvalue weighted by atomic mass is 32.1. The number of para-hydroxylation sites is 3. The number of fused-ring (bicyclic) bond motifs is 7. The molecule has 0 spiro atoms. The summed E-state index contributed by atoms with van der Waals surface area (Å²) in [7, 11) is 0. The fraction of sp³-hybridized carbons (Fsp3) is 0. The summed E-state index contributed by atoms with van der Waals surface area (Å²) in [6, 6.07) is 75.3. The fourth-order valence-electron chi connectivity index (χ4n) is 8.62. The van der Waals surface area contributed by atoms with Crippen LogP contribution in [-0.4, -0.2) is 4.57 Å². The Kier molecular flexibility index (Phi) is 7.39. The molecule has 0 amide bonds. The van der Waals surface area contributed by atoms with Crippen LogP contribution in [0.25, 0.3) is 80.7 Å². The Labute approximate surface area is 323 Å². The third-order valence-corrected chi connectivity index (χ3v) is 12.1. The monoisotopic (exact) mass is 718 g/mol. The number of anilines is 3. The van der Waals surface area contributed by atoms with Gasteiger partial charge in [-0.2, -0.15) is 0 Å². The second kappa shape index (κ2) is 12.9. The molecule has 9 aromatic carbocycles. The third kappa shape index (κ3) is 5.09.